The van der Waals surface area contributed by atoms with Crippen molar-refractivity contribution in [1.29, 1.82) is 5.26 Å². The summed E-state index contributed by atoms with van der Waals surface area (Å²) in [6, 6.07) is 9.44. The summed E-state index contributed by atoms with van der Waals surface area (Å²) >= 11 is 7.49. The Hall–Kier alpha value is -2.04. The van der Waals surface area contributed by atoms with E-state index in [-0.39, 0.29) is 11.7 Å². The van der Waals surface area contributed by atoms with E-state index >= 15 is 0 Å². The van der Waals surface area contributed by atoms with Gasteiger partial charge < -0.3 is 9.47 Å². The Morgan fingerprint density at radius 1 is 1.43 bits per heavy atom. The van der Waals surface area contributed by atoms with Gasteiger partial charge in [0.15, 0.2) is 11.0 Å². The number of nitrogens with zero attached hydrogens (tertiary/aromatic N) is 5. The standard InChI is InChI=1S/C15H16ClN5OS/c1-20(9-5-8-17)13(22)10-23-15-19-18-14(21(15)2)11-6-3-4-7-12(11)16/h3-4,6-7H,5,9-10H2,1-2H3. The van der Waals surface area contributed by atoms with E-state index in [1.54, 1.807) is 18.0 Å². The summed E-state index contributed by atoms with van der Waals surface area (Å²) in [5.41, 5.74) is 0.800. The van der Waals surface area contributed by atoms with Crippen molar-refractivity contribution in [3.05, 3.63) is 29.3 Å². The van der Waals surface area contributed by atoms with Crippen LogP contribution in [0, 0.1) is 11.3 Å². The van der Waals surface area contributed by atoms with Crippen molar-refractivity contribution in [3.63, 3.8) is 0 Å². The highest BCUT2D eigenvalue weighted by Gasteiger charge is 2.16. The second-order valence-electron chi connectivity index (χ2n) is 4.86. The molecule has 23 heavy (non-hydrogen) atoms. The Kier molecular flexibility index (Phi) is 6.02. The SMILES string of the molecule is CN(CCC#N)C(=O)CSc1nnc(-c2ccccc2Cl)n1C. The summed E-state index contributed by atoms with van der Waals surface area (Å²) in [6.45, 7) is 0.430. The highest BCUT2D eigenvalue weighted by atomic mass is 35.5. The van der Waals surface area contributed by atoms with Crippen LogP contribution in [0.5, 0.6) is 0 Å². The molecule has 0 spiro atoms. The van der Waals surface area contributed by atoms with E-state index in [1.807, 2.05) is 35.9 Å². The fraction of sp³-hybridized carbons (Fsp3) is 0.333. The highest BCUT2D eigenvalue weighted by Crippen LogP contribution is 2.28. The van der Waals surface area contributed by atoms with Gasteiger partial charge >= 0.3 is 0 Å². The van der Waals surface area contributed by atoms with Crippen LogP contribution in [-0.4, -0.2) is 44.9 Å². The first-order valence-electron chi connectivity index (χ1n) is 6.92. The second kappa shape index (κ2) is 7.99. The minimum atomic E-state index is -0.0486. The molecule has 8 heteroatoms. The summed E-state index contributed by atoms with van der Waals surface area (Å²) in [4.78, 5) is 13.5. The van der Waals surface area contributed by atoms with E-state index in [1.165, 1.54) is 11.8 Å². The third-order valence-electron chi connectivity index (χ3n) is 3.26. The fourth-order valence-corrected chi connectivity index (χ4v) is 2.97. The van der Waals surface area contributed by atoms with Gasteiger partial charge in [0.2, 0.25) is 5.91 Å². The molecule has 0 fully saturated rings. The average molecular weight is 350 g/mol. The second-order valence-corrected chi connectivity index (χ2v) is 6.21. The molecule has 0 saturated heterocycles. The molecule has 0 aliphatic rings. The van der Waals surface area contributed by atoms with Gasteiger partial charge in [0.25, 0.3) is 0 Å². The first-order valence-corrected chi connectivity index (χ1v) is 8.29. The van der Waals surface area contributed by atoms with E-state index in [9.17, 15) is 4.79 Å². The first kappa shape index (κ1) is 17.3. The number of carbonyl (C=O) groups is 1. The van der Waals surface area contributed by atoms with Gasteiger partial charge in [-0.15, -0.1) is 10.2 Å². The maximum Gasteiger partial charge on any atom is 0.232 e. The molecule has 0 saturated carbocycles. The number of hydrogen-bond acceptors (Lipinski definition) is 5. The Balaban J connectivity index is 2.05. The number of carbonyl (C=O) groups excluding carboxylic acids is 1. The quantitative estimate of drug-likeness (QED) is 0.749. The average Bonchev–Trinajstić information content (AvgIpc) is 2.91. The van der Waals surface area contributed by atoms with Gasteiger partial charge in [-0.2, -0.15) is 5.26 Å². The van der Waals surface area contributed by atoms with E-state index in [0.717, 1.165) is 5.56 Å². The molecule has 1 aromatic carbocycles. The number of amides is 1. The number of rotatable bonds is 6. The van der Waals surface area contributed by atoms with Crippen molar-refractivity contribution in [2.24, 2.45) is 7.05 Å². The van der Waals surface area contributed by atoms with Gasteiger partial charge in [0, 0.05) is 26.2 Å². The predicted octanol–water partition coefficient (Wildman–Crippen LogP) is 2.60. The zero-order chi connectivity index (χ0) is 16.8. The maximum absolute atomic E-state index is 12.0. The lowest BCUT2D eigenvalue weighted by molar-refractivity contribution is -0.127. The lowest BCUT2D eigenvalue weighted by Gasteiger charge is -2.14. The number of benzene rings is 1. The van der Waals surface area contributed by atoms with Crippen LogP contribution in [0.15, 0.2) is 29.4 Å². The van der Waals surface area contributed by atoms with Gasteiger partial charge in [-0.3, -0.25) is 4.79 Å². The summed E-state index contributed by atoms with van der Waals surface area (Å²) in [5, 5.41) is 18.1. The molecular formula is C15H16ClN5OS. The van der Waals surface area contributed by atoms with Crippen LogP contribution in [0.3, 0.4) is 0 Å². The Bertz CT molecular complexity index is 740. The Morgan fingerprint density at radius 3 is 2.87 bits per heavy atom. The molecule has 0 radical (unpaired) electrons. The van der Waals surface area contributed by atoms with Crippen molar-refractivity contribution >= 4 is 29.3 Å². The molecular weight excluding hydrogens is 334 g/mol. The van der Waals surface area contributed by atoms with Gasteiger partial charge in [0.1, 0.15) is 0 Å². The molecule has 1 amide bonds. The van der Waals surface area contributed by atoms with Crippen molar-refractivity contribution in [2.75, 3.05) is 19.3 Å². The van der Waals surface area contributed by atoms with Crippen LogP contribution in [0.25, 0.3) is 11.4 Å². The van der Waals surface area contributed by atoms with Crippen LogP contribution in [-0.2, 0) is 11.8 Å². The van der Waals surface area contributed by atoms with Gasteiger partial charge in [0.05, 0.1) is 23.3 Å². The van der Waals surface area contributed by atoms with Crippen molar-refractivity contribution in [2.45, 2.75) is 11.6 Å². The zero-order valence-corrected chi connectivity index (χ0v) is 14.4. The summed E-state index contributed by atoms with van der Waals surface area (Å²) in [5.74, 6) is 0.854. The molecule has 1 heterocycles. The van der Waals surface area contributed by atoms with Crippen LogP contribution in [0.2, 0.25) is 5.02 Å². The minimum absolute atomic E-state index is 0.0486. The third kappa shape index (κ3) is 4.24. The number of thioether (sulfide) groups is 1. The van der Waals surface area contributed by atoms with Gasteiger partial charge in [-0.25, -0.2) is 0 Å². The summed E-state index contributed by atoms with van der Waals surface area (Å²) < 4.78 is 1.81. The van der Waals surface area contributed by atoms with E-state index in [2.05, 4.69) is 10.2 Å². The minimum Gasteiger partial charge on any atom is -0.344 e. The smallest absolute Gasteiger partial charge is 0.232 e. The van der Waals surface area contributed by atoms with E-state index in [0.29, 0.717) is 29.0 Å². The lowest BCUT2D eigenvalue weighted by Crippen LogP contribution is -2.29. The van der Waals surface area contributed by atoms with Crippen LogP contribution < -0.4 is 0 Å². The molecule has 2 rings (SSSR count). The van der Waals surface area contributed by atoms with E-state index < -0.39 is 0 Å². The number of halogens is 1. The topological polar surface area (TPSA) is 74.8 Å². The molecule has 0 bridgehead atoms. The summed E-state index contributed by atoms with van der Waals surface area (Å²) in [7, 11) is 3.52. The zero-order valence-electron chi connectivity index (χ0n) is 12.9. The molecule has 0 aliphatic carbocycles. The molecule has 1 aromatic heterocycles. The number of aromatic nitrogens is 3. The Morgan fingerprint density at radius 2 is 2.17 bits per heavy atom. The highest BCUT2D eigenvalue weighted by molar-refractivity contribution is 7.99. The Labute approximate surface area is 144 Å². The van der Waals surface area contributed by atoms with Crippen molar-refractivity contribution in [1.82, 2.24) is 19.7 Å². The maximum atomic E-state index is 12.0. The van der Waals surface area contributed by atoms with E-state index in [4.69, 9.17) is 16.9 Å². The summed E-state index contributed by atoms with van der Waals surface area (Å²) in [6.07, 6.45) is 0.327. The molecule has 0 N–H and O–H groups in total. The molecule has 0 atom stereocenters. The van der Waals surface area contributed by atoms with Crippen molar-refractivity contribution < 1.29 is 4.79 Å². The predicted molar refractivity (Wildman–Crippen MR) is 90.0 cm³/mol. The number of hydrogen-bond donors (Lipinski definition) is 0. The van der Waals surface area contributed by atoms with Crippen molar-refractivity contribution in [3.8, 4) is 17.5 Å². The molecule has 120 valence electrons. The monoisotopic (exact) mass is 349 g/mol. The molecule has 6 nitrogen and oxygen atoms in total. The third-order valence-corrected chi connectivity index (χ3v) is 4.59. The molecule has 2 aromatic rings. The first-order chi connectivity index (χ1) is 11.0. The van der Waals surface area contributed by atoms with Crippen LogP contribution in [0.1, 0.15) is 6.42 Å². The van der Waals surface area contributed by atoms with Gasteiger partial charge in [-0.05, 0) is 12.1 Å². The van der Waals surface area contributed by atoms with Crippen LogP contribution in [0.4, 0.5) is 0 Å². The normalized spacial score (nSPS) is 10.3. The molecule has 0 aliphatic heterocycles. The number of nitriles is 1. The lowest BCUT2D eigenvalue weighted by atomic mass is 10.2. The van der Waals surface area contributed by atoms with Crippen LogP contribution >= 0.6 is 23.4 Å². The fourth-order valence-electron chi connectivity index (χ4n) is 1.90. The van der Waals surface area contributed by atoms with Gasteiger partial charge in [-0.1, -0.05) is 35.5 Å². The molecule has 0 unspecified atom stereocenters. The largest absolute Gasteiger partial charge is 0.344 e.